The Bertz CT molecular complexity index is 1270. The molecule has 170 valence electrons. The summed E-state index contributed by atoms with van der Waals surface area (Å²) in [5, 5.41) is 10.4. The third-order valence-electron chi connectivity index (χ3n) is 5.01. The van der Waals surface area contributed by atoms with E-state index in [9.17, 15) is 4.79 Å². The molecule has 0 atom stereocenters. The van der Waals surface area contributed by atoms with Crippen molar-refractivity contribution in [1.82, 2.24) is 15.1 Å². The van der Waals surface area contributed by atoms with Crippen LogP contribution in [0.4, 0.5) is 0 Å². The molecule has 0 saturated carbocycles. The number of halogens is 2. The molecule has 0 unspecified atom stereocenters. The Balaban J connectivity index is 1.55. The van der Waals surface area contributed by atoms with E-state index in [0.717, 1.165) is 10.4 Å². The van der Waals surface area contributed by atoms with E-state index >= 15 is 0 Å². The Kier molecular flexibility index (Phi) is 7.23. The minimum absolute atomic E-state index is 0.239. The monoisotopic (exact) mass is 501 g/mol. The third-order valence-corrected chi connectivity index (χ3v) is 6.64. The van der Waals surface area contributed by atoms with Crippen LogP contribution in [0.15, 0.2) is 60.0 Å². The number of hydrogen-bond donors (Lipinski definition) is 1. The van der Waals surface area contributed by atoms with Gasteiger partial charge in [-0.1, -0.05) is 35.3 Å². The second-order valence-corrected chi connectivity index (χ2v) is 8.86. The number of hydrogen-bond acceptors (Lipinski definition) is 5. The van der Waals surface area contributed by atoms with Gasteiger partial charge in [-0.05, 0) is 59.8 Å². The number of thiophene rings is 1. The zero-order valence-electron chi connectivity index (χ0n) is 18.0. The number of carbonyl (C=O) groups is 1. The molecule has 2 aromatic carbocycles. The maximum atomic E-state index is 13.1. The summed E-state index contributed by atoms with van der Waals surface area (Å²) in [6, 6.07) is 16.5. The van der Waals surface area contributed by atoms with Crippen LogP contribution < -0.4 is 14.8 Å². The topological polar surface area (TPSA) is 65.4 Å². The second-order valence-electron chi connectivity index (χ2n) is 7.10. The standard InChI is InChI=1S/C24H21Cl2N3O3S/c1-31-21-8-5-15(12-22(21)32-2)9-10-27-24(30)20-14-19(23-4-3-11-33-23)28-29(20)16-6-7-17(25)18(26)13-16/h3-8,11-14H,9-10H2,1-2H3,(H,27,30). The number of nitrogens with zero attached hydrogens (tertiary/aromatic N) is 2. The van der Waals surface area contributed by atoms with Crippen LogP contribution in [0.5, 0.6) is 11.5 Å². The third kappa shape index (κ3) is 5.16. The van der Waals surface area contributed by atoms with Crippen LogP contribution in [-0.2, 0) is 6.42 Å². The van der Waals surface area contributed by atoms with Crippen molar-refractivity contribution in [3.05, 3.63) is 81.3 Å². The molecule has 9 heteroatoms. The van der Waals surface area contributed by atoms with Crippen molar-refractivity contribution in [2.24, 2.45) is 0 Å². The average molecular weight is 502 g/mol. The highest BCUT2D eigenvalue weighted by atomic mass is 35.5. The van der Waals surface area contributed by atoms with Gasteiger partial charge < -0.3 is 14.8 Å². The molecule has 0 aliphatic heterocycles. The van der Waals surface area contributed by atoms with Crippen molar-refractivity contribution in [2.45, 2.75) is 6.42 Å². The van der Waals surface area contributed by atoms with Crippen LogP contribution in [0.2, 0.25) is 10.0 Å². The van der Waals surface area contributed by atoms with Crippen LogP contribution >= 0.6 is 34.5 Å². The zero-order valence-corrected chi connectivity index (χ0v) is 20.3. The van der Waals surface area contributed by atoms with Crippen LogP contribution in [0, 0.1) is 0 Å². The minimum Gasteiger partial charge on any atom is -0.493 e. The van der Waals surface area contributed by atoms with E-state index in [-0.39, 0.29) is 5.91 Å². The van der Waals surface area contributed by atoms with Crippen molar-refractivity contribution < 1.29 is 14.3 Å². The van der Waals surface area contributed by atoms with Gasteiger partial charge in [0, 0.05) is 6.54 Å². The summed E-state index contributed by atoms with van der Waals surface area (Å²) in [5.41, 5.74) is 2.78. The summed E-state index contributed by atoms with van der Waals surface area (Å²) in [5.74, 6) is 1.08. The predicted octanol–water partition coefficient (Wildman–Crippen LogP) is 5.90. The smallest absolute Gasteiger partial charge is 0.270 e. The summed E-state index contributed by atoms with van der Waals surface area (Å²) >= 11 is 13.8. The van der Waals surface area contributed by atoms with Crippen molar-refractivity contribution in [2.75, 3.05) is 20.8 Å². The van der Waals surface area contributed by atoms with E-state index in [1.165, 1.54) is 0 Å². The Morgan fingerprint density at radius 3 is 2.55 bits per heavy atom. The lowest BCUT2D eigenvalue weighted by Crippen LogP contribution is -2.27. The molecule has 0 aliphatic rings. The van der Waals surface area contributed by atoms with Crippen molar-refractivity contribution in [3.8, 4) is 27.8 Å². The van der Waals surface area contributed by atoms with Gasteiger partial charge >= 0.3 is 0 Å². The molecule has 0 aliphatic carbocycles. The lowest BCUT2D eigenvalue weighted by atomic mass is 10.1. The normalized spacial score (nSPS) is 10.8. The molecule has 1 N–H and O–H groups in total. The maximum absolute atomic E-state index is 13.1. The molecule has 0 bridgehead atoms. The van der Waals surface area contributed by atoms with Gasteiger partial charge in [0.1, 0.15) is 11.4 Å². The summed E-state index contributed by atoms with van der Waals surface area (Å²) in [6.45, 7) is 0.440. The van der Waals surface area contributed by atoms with E-state index in [1.54, 1.807) is 54.5 Å². The molecule has 0 spiro atoms. The van der Waals surface area contributed by atoms with E-state index in [2.05, 4.69) is 10.4 Å². The number of methoxy groups -OCH3 is 2. The van der Waals surface area contributed by atoms with Gasteiger partial charge in [0.25, 0.3) is 5.91 Å². The molecule has 2 heterocycles. The van der Waals surface area contributed by atoms with Gasteiger partial charge in [-0.2, -0.15) is 5.10 Å². The van der Waals surface area contributed by atoms with E-state index < -0.39 is 0 Å². The first-order valence-electron chi connectivity index (χ1n) is 10.1. The van der Waals surface area contributed by atoms with Gasteiger partial charge in [0.05, 0.1) is 34.8 Å². The second kappa shape index (κ2) is 10.3. The van der Waals surface area contributed by atoms with Gasteiger partial charge in [0.2, 0.25) is 0 Å². The van der Waals surface area contributed by atoms with Crippen LogP contribution in [0.1, 0.15) is 16.1 Å². The van der Waals surface area contributed by atoms with Crippen molar-refractivity contribution in [3.63, 3.8) is 0 Å². The Hall–Kier alpha value is -3.00. The SMILES string of the molecule is COc1ccc(CCNC(=O)c2cc(-c3cccs3)nn2-c2ccc(Cl)c(Cl)c2)cc1OC. The number of carbonyl (C=O) groups excluding carboxylic acids is 1. The Morgan fingerprint density at radius 2 is 1.85 bits per heavy atom. The lowest BCUT2D eigenvalue weighted by Gasteiger charge is -2.11. The Labute approximate surface area is 205 Å². The Morgan fingerprint density at radius 1 is 1.03 bits per heavy atom. The quantitative estimate of drug-likeness (QED) is 0.326. The molecule has 0 saturated heterocycles. The zero-order chi connectivity index (χ0) is 23.4. The van der Waals surface area contributed by atoms with E-state index in [1.807, 2.05) is 35.7 Å². The molecule has 6 nitrogen and oxygen atoms in total. The van der Waals surface area contributed by atoms with E-state index in [4.69, 9.17) is 32.7 Å². The number of aromatic nitrogens is 2. The van der Waals surface area contributed by atoms with Gasteiger partial charge in [0.15, 0.2) is 11.5 Å². The average Bonchev–Trinajstić information content (AvgIpc) is 3.51. The first kappa shape index (κ1) is 23.2. The fraction of sp³-hybridized carbons (Fsp3) is 0.167. The van der Waals surface area contributed by atoms with Gasteiger partial charge in [-0.25, -0.2) is 4.68 Å². The molecular formula is C24H21Cl2N3O3S. The summed E-state index contributed by atoms with van der Waals surface area (Å²) in [7, 11) is 3.19. The predicted molar refractivity (Wildman–Crippen MR) is 132 cm³/mol. The largest absolute Gasteiger partial charge is 0.493 e. The van der Waals surface area contributed by atoms with Crippen molar-refractivity contribution >= 4 is 40.4 Å². The van der Waals surface area contributed by atoms with Gasteiger partial charge in [-0.15, -0.1) is 11.3 Å². The van der Waals surface area contributed by atoms with E-state index in [0.29, 0.717) is 51.6 Å². The molecule has 4 aromatic rings. The highest BCUT2D eigenvalue weighted by Crippen LogP contribution is 2.29. The molecule has 0 fully saturated rings. The maximum Gasteiger partial charge on any atom is 0.270 e. The van der Waals surface area contributed by atoms with Gasteiger partial charge in [-0.3, -0.25) is 4.79 Å². The first-order valence-corrected chi connectivity index (χ1v) is 11.7. The summed E-state index contributed by atoms with van der Waals surface area (Å²) in [6.07, 6.45) is 0.630. The molecule has 33 heavy (non-hydrogen) atoms. The molecular weight excluding hydrogens is 481 g/mol. The fourth-order valence-electron chi connectivity index (χ4n) is 3.35. The number of rotatable bonds is 8. The van der Waals surface area contributed by atoms with Crippen molar-refractivity contribution in [1.29, 1.82) is 0 Å². The highest BCUT2D eigenvalue weighted by molar-refractivity contribution is 7.13. The fourth-order valence-corrected chi connectivity index (χ4v) is 4.32. The number of nitrogens with one attached hydrogen (secondary N) is 1. The minimum atomic E-state index is -0.239. The molecule has 2 aromatic heterocycles. The number of benzene rings is 2. The lowest BCUT2D eigenvalue weighted by molar-refractivity contribution is 0.0946. The first-order chi connectivity index (χ1) is 16.0. The molecule has 0 radical (unpaired) electrons. The van der Waals surface area contributed by atoms with Crippen LogP contribution in [-0.4, -0.2) is 36.5 Å². The highest BCUT2D eigenvalue weighted by Gasteiger charge is 2.18. The molecule has 4 rings (SSSR count). The van der Waals surface area contributed by atoms with Crippen LogP contribution in [0.25, 0.3) is 16.3 Å². The number of amides is 1. The molecule has 1 amide bonds. The summed E-state index contributed by atoms with van der Waals surface area (Å²) < 4.78 is 12.2. The van der Waals surface area contributed by atoms with Crippen LogP contribution in [0.3, 0.4) is 0 Å². The summed E-state index contributed by atoms with van der Waals surface area (Å²) in [4.78, 5) is 14.1. The number of ether oxygens (including phenoxy) is 2.